The molecule has 2 aromatic carbocycles. The second-order valence-corrected chi connectivity index (χ2v) is 6.84. The SMILES string of the molecule is Cc1ccc(C(=O)OC[C@H]2O[C@@H](N=[N+]=[N-])C[C@H]2OC(=O)c2ccc(C)cc2)cc1. The zero-order chi connectivity index (χ0) is 20.8. The van der Waals surface area contributed by atoms with Crippen LogP contribution in [0, 0.1) is 13.8 Å². The van der Waals surface area contributed by atoms with Crippen LogP contribution in [0.1, 0.15) is 38.3 Å². The molecule has 1 heterocycles. The maximum Gasteiger partial charge on any atom is 0.338 e. The van der Waals surface area contributed by atoms with Crippen molar-refractivity contribution >= 4 is 11.9 Å². The lowest BCUT2D eigenvalue weighted by molar-refractivity contribution is -0.0410. The number of benzene rings is 2. The maximum atomic E-state index is 12.4. The van der Waals surface area contributed by atoms with Crippen LogP contribution in [0.3, 0.4) is 0 Å². The molecule has 8 heteroatoms. The highest BCUT2D eigenvalue weighted by atomic mass is 16.6. The first-order valence-corrected chi connectivity index (χ1v) is 9.17. The van der Waals surface area contributed by atoms with Gasteiger partial charge in [-0.3, -0.25) is 0 Å². The highest BCUT2D eigenvalue weighted by Gasteiger charge is 2.38. The first-order chi connectivity index (χ1) is 14.0. The van der Waals surface area contributed by atoms with Gasteiger partial charge in [-0.2, -0.15) is 0 Å². The van der Waals surface area contributed by atoms with Gasteiger partial charge in [0.1, 0.15) is 25.0 Å². The van der Waals surface area contributed by atoms with E-state index in [1.807, 2.05) is 38.1 Å². The van der Waals surface area contributed by atoms with E-state index in [9.17, 15) is 9.59 Å². The number of rotatable bonds is 6. The van der Waals surface area contributed by atoms with Gasteiger partial charge in [0.15, 0.2) is 0 Å². The predicted octanol–water partition coefficient (Wildman–Crippen LogP) is 4.11. The molecule has 0 saturated carbocycles. The third kappa shape index (κ3) is 5.34. The minimum atomic E-state index is -0.793. The van der Waals surface area contributed by atoms with Crippen LogP contribution in [-0.2, 0) is 14.2 Å². The van der Waals surface area contributed by atoms with Crippen LogP contribution in [0.15, 0.2) is 53.6 Å². The fourth-order valence-corrected chi connectivity index (χ4v) is 2.92. The Bertz CT molecular complexity index is 920. The van der Waals surface area contributed by atoms with E-state index in [1.165, 1.54) is 0 Å². The standard InChI is InChI=1S/C21H21N3O5/c1-13-3-7-15(8-4-13)20(25)27-12-18-17(11-19(28-18)23-24-22)29-21(26)16-9-5-14(2)6-10-16/h3-10,17-19H,11-12H2,1-2H3/t17-,18-,19-/m1/s1. The predicted molar refractivity (Wildman–Crippen MR) is 104 cm³/mol. The smallest absolute Gasteiger partial charge is 0.338 e. The lowest BCUT2D eigenvalue weighted by Gasteiger charge is -2.19. The van der Waals surface area contributed by atoms with Crippen molar-refractivity contribution in [3.8, 4) is 0 Å². The van der Waals surface area contributed by atoms with Gasteiger partial charge in [-0.15, -0.1) is 0 Å². The molecule has 0 aromatic heterocycles. The van der Waals surface area contributed by atoms with E-state index in [1.54, 1.807) is 24.3 Å². The van der Waals surface area contributed by atoms with E-state index in [4.69, 9.17) is 19.7 Å². The number of ether oxygens (including phenoxy) is 3. The summed E-state index contributed by atoms with van der Waals surface area (Å²) in [5, 5.41) is 3.54. The number of nitrogens with zero attached hydrogens (tertiary/aromatic N) is 3. The van der Waals surface area contributed by atoms with Gasteiger partial charge < -0.3 is 14.2 Å². The molecule has 29 heavy (non-hydrogen) atoms. The summed E-state index contributed by atoms with van der Waals surface area (Å²) < 4.78 is 16.5. The summed E-state index contributed by atoms with van der Waals surface area (Å²) >= 11 is 0. The molecule has 0 unspecified atom stereocenters. The summed E-state index contributed by atoms with van der Waals surface area (Å²) in [6.07, 6.45) is -2.03. The highest BCUT2D eigenvalue weighted by Crippen LogP contribution is 2.26. The van der Waals surface area contributed by atoms with Gasteiger partial charge in [0.05, 0.1) is 11.1 Å². The number of hydrogen-bond donors (Lipinski definition) is 0. The molecule has 0 spiro atoms. The van der Waals surface area contributed by atoms with Gasteiger partial charge in [0.25, 0.3) is 0 Å². The zero-order valence-corrected chi connectivity index (χ0v) is 16.1. The summed E-state index contributed by atoms with van der Waals surface area (Å²) in [6, 6.07) is 13.9. The van der Waals surface area contributed by atoms with Crippen LogP contribution < -0.4 is 0 Å². The number of hydrogen-bond acceptors (Lipinski definition) is 6. The van der Waals surface area contributed by atoms with E-state index >= 15 is 0 Å². The van der Waals surface area contributed by atoms with Crippen molar-refractivity contribution < 1.29 is 23.8 Å². The highest BCUT2D eigenvalue weighted by molar-refractivity contribution is 5.90. The molecule has 3 atom stereocenters. The number of esters is 2. The second kappa shape index (κ2) is 9.23. The van der Waals surface area contributed by atoms with Crippen LogP contribution in [0.2, 0.25) is 0 Å². The molecule has 150 valence electrons. The molecule has 8 nitrogen and oxygen atoms in total. The van der Waals surface area contributed by atoms with Crippen LogP contribution in [-0.4, -0.2) is 37.0 Å². The Kier molecular flexibility index (Phi) is 6.49. The van der Waals surface area contributed by atoms with Crippen LogP contribution in [0.4, 0.5) is 0 Å². The molecule has 2 aromatic rings. The van der Waals surface area contributed by atoms with Gasteiger partial charge in [-0.1, -0.05) is 40.5 Å². The molecular weight excluding hydrogens is 374 g/mol. The Labute approximate surface area is 168 Å². The Morgan fingerprint density at radius 1 is 1.03 bits per heavy atom. The Hall–Kier alpha value is -3.35. The first kappa shape index (κ1) is 20.4. The van der Waals surface area contributed by atoms with E-state index in [2.05, 4.69) is 10.0 Å². The maximum absolute atomic E-state index is 12.4. The summed E-state index contributed by atoms with van der Waals surface area (Å²) in [5.41, 5.74) is 11.5. The molecule has 1 saturated heterocycles. The summed E-state index contributed by atoms with van der Waals surface area (Å²) in [4.78, 5) is 27.4. The van der Waals surface area contributed by atoms with Crippen molar-refractivity contribution in [1.29, 1.82) is 0 Å². The molecule has 3 rings (SSSR count). The summed E-state index contributed by atoms with van der Waals surface area (Å²) in [5.74, 6) is -1.03. The fourth-order valence-electron chi connectivity index (χ4n) is 2.92. The van der Waals surface area contributed by atoms with Crippen molar-refractivity contribution in [2.75, 3.05) is 6.61 Å². The summed E-state index contributed by atoms with van der Waals surface area (Å²) in [7, 11) is 0. The van der Waals surface area contributed by atoms with Crippen LogP contribution in [0.25, 0.3) is 10.4 Å². The van der Waals surface area contributed by atoms with Crippen molar-refractivity contribution in [1.82, 2.24) is 0 Å². The molecule has 1 fully saturated rings. The lowest BCUT2D eigenvalue weighted by Crippen LogP contribution is -2.32. The van der Waals surface area contributed by atoms with Gasteiger partial charge in [0.2, 0.25) is 0 Å². The van der Waals surface area contributed by atoms with Crippen LogP contribution in [0.5, 0.6) is 0 Å². The van der Waals surface area contributed by atoms with Gasteiger partial charge in [0, 0.05) is 11.3 Å². The topological polar surface area (TPSA) is 111 Å². The van der Waals surface area contributed by atoms with E-state index in [-0.39, 0.29) is 13.0 Å². The monoisotopic (exact) mass is 395 g/mol. The molecule has 1 aliphatic heterocycles. The minimum absolute atomic E-state index is 0.129. The van der Waals surface area contributed by atoms with E-state index in [0.717, 1.165) is 11.1 Å². The average Bonchev–Trinajstić information content (AvgIpc) is 3.08. The number of azide groups is 1. The quantitative estimate of drug-likeness (QED) is 0.316. The van der Waals surface area contributed by atoms with E-state index in [0.29, 0.717) is 11.1 Å². The Morgan fingerprint density at radius 3 is 2.14 bits per heavy atom. The molecule has 0 amide bonds. The normalized spacial score (nSPS) is 20.6. The van der Waals surface area contributed by atoms with Crippen molar-refractivity contribution in [2.24, 2.45) is 5.11 Å². The van der Waals surface area contributed by atoms with Crippen molar-refractivity contribution in [3.05, 3.63) is 81.2 Å². The second-order valence-electron chi connectivity index (χ2n) is 6.84. The average molecular weight is 395 g/mol. The van der Waals surface area contributed by atoms with Gasteiger partial charge in [-0.25, -0.2) is 9.59 Å². The molecule has 0 aliphatic carbocycles. The number of carbonyl (C=O) groups excluding carboxylic acids is 2. The number of aryl methyl sites for hydroxylation is 2. The third-order valence-corrected chi connectivity index (χ3v) is 4.57. The van der Waals surface area contributed by atoms with E-state index < -0.39 is 30.4 Å². The van der Waals surface area contributed by atoms with Crippen LogP contribution >= 0.6 is 0 Å². The molecule has 0 N–H and O–H groups in total. The van der Waals surface area contributed by atoms with Crippen molar-refractivity contribution in [3.63, 3.8) is 0 Å². The van der Waals surface area contributed by atoms with Gasteiger partial charge in [-0.05, 0) is 43.6 Å². The molecule has 0 bridgehead atoms. The fraction of sp³-hybridized carbons (Fsp3) is 0.333. The van der Waals surface area contributed by atoms with Gasteiger partial charge >= 0.3 is 11.9 Å². The first-order valence-electron chi connectivity index (χ1n) is 9.17. The Morgan fingerprint density at radius 2 is 1.59 bits per heavy atom. The Balaban J connectivity index is 1.64. The number of carbonyl (C=O) groups is 2. The lowest BCUT2D eigenvalue weighted by atomic mass is 10.1. The third-order valence-electron chi connectivity index (χ3n) is 4.57. The van der Waals surface area contributed by atoms with Crippen molar-refractivity contribution in [2.45, 2.75) is 38.7 Å². The minimum Gasteiger partial charge on any atom is -0.459 e. The molecule has 0 radical (unpaired) electrons. The largest absolute Gasteiger partial charge is 0.459 e. The molecular formula is C21H21N3O5. The molecule has 1 aliphatic rings. The zero-order valence-electron chi connectivity index (χ0n) is 16.1. The summed E-state index contributed by atoms with van der Waals surface area (Å²) in [6.45, 7) is 3.71.